The third kappa shape index (κ3) is 9.53. The molecule has 8 heterocycles. The van der Waals surface area contributed by atoms with Crippen LogP contribution < -0.4 is 20.6 Å². The number of carbonyl (C=O) groups excluding carboxylic acids is 1. The highest BCUT2D eigenvalue weighted by atomic mass is 19.1. The van der Waals surface area contributed by atoms with Crippen molar-refractivity contribution >= 4 is 33.4 Å². The molecule has 5 aliphatic heterocycles. The zero-order valence-electron chi connectivity index (χ0n) is 43.8. The smallest absolute Gasteiger partial charge is 0.348 e. The lowest BCUT2D eigenvalue weighted by Gasteiger charge is -2.40. The van der Waals surface area contributed by atoms with Crippen LogP contribution >= 0.6 is 0 Å². The van der Waals surface area contributed by atoms with Gasteiger partial charge in [-0.25, -0.2) is 18.9 Å². The number of carbonyl (C=O) groups is 1. The maximum Gasteiger partial charge on any atom is 0.348 e. The molecule has 5 fully saturated rings. The fourth-order valence-electron chi connectivity index (χ4n) is 12.8. The van der Waals surface area contributed by atoms with Crippen LogP contribution in [0.4, 0.5) is 10.2 Å². The Morgan fingerprint density at radius 2 is 1.61 bits per heavy atom. The molecule has 0 saturated carbocycles. The molecule has 1 amide bonds. The van der Waals surface area contributed by atoms with Crippen molar-refractivity contribution in [3.63, 3.8) is 0 Å². The third-order valence-electron chi connectivity index (χ3n) is 17.0. The topological polar surface area (TPSA) is 184 Å². The number of anilines is 1. The monoisotopic (exact) mass is 1030 g/mol. The van der Waals surface area contributed by atoms with E-state index in [1.807, 2.05) is 81.4 Å². The average Bonchev–Trinajstić information content (AvgIpc) is 4.15. The molecule has 76 heavy (non-hydrogen) atoms. The number of aromatic hydroxyl groups is 2. The summed E-state index contributed by atoms with van der Waals surface area (Å²) in [6.45, 7) is 14.2. The van der Waals surface area contributed by atoms with E-state index in [0.717, 1.165) is 112 Å². The molecule has 5 aliphatic rings. The molecular weight excluding hydrogens is 964 g/mol. The van der Waals surface area contributed by atoms with Crippen molar-refractivity contribution in [2.45, 2.75) is 89.5 Å². The lowest BCUT2D eigenvalue weighted by atomic mass is 9.94. The molecule has 2 bridgehead atoms. The zero-order valence-corrected chi connectivity index (χ0v) is 43.8. The molecule has 0 spiro atoms. The SMILES string of the molecule is Cc1cccc2cccc(-c3ncc4c(N5CC6CCC(C5)N6)nc(OC[C@@H]5C[C@H](N6CCN(C(=O)C7CCN(Cc8ccc(-n9c(-c%10cc(C(C)C)c(O)cc%10O)n[nH]c9=O)cc8)CC7)CC6)CN5C)nc4c3F)c12. The number of rotatable bonds is 12. The number of phenolic OH excluding ortho intramolecular Hbond substituents is 2. The Bertz CT molecular complexity index is 3350. The molecule has 5 saturated heterocycles. The number of hydrogen-bond donors (Lipinski definition) is 4. The van der Waals surface area contributed by atoms with Crippen LogP contribution in [0.5, 0.6) is 17.5 Å². The maximum atomic E-state index is 17.1. The van der Waals surface area contributed by atoms with Gasteiger partial charge in [0.15, 0.2) is 11.6 Å². The number of piperidine rings is 1. The van der Waals surface area contributed by atoms with Gasteiger partial charge < -0.3 is 30.1 Å². The number of aromatic nitrogens is 6. The first kappa shape index (κ1) is 49.9. The molecule has 17 nitrogen and oxygen atoms in total. The number of likely N-dealkylation sites (N-methyl/N-ethyl adjacent to an activating group) is 1. The summed E-state index contributed by atoms with van der Waals surface area (Å²) in [5, 5.41) is 34.2. The molecule has 4 atom stereocenters. The Labute approximate surface area is 441 Å². The molecule has 0 radical (unpaired) electrons. The van der Waals surface area contributed by atoms with Crippen molar-refractivity contribution in [2.24, 2.45) is 5.92 Å². The van der Waals surface area contributed by atoms with E-state index in [4.69, 9.17) is 19.7 Å². The van der Waals surface area contributed by atoms with Gasteiger partial charge in [-0.15, -0.1) is 0 Å². The van der Waals surface area contributed by atoms with Crippen LogP contribution in [0.15, 0.2) is 83.8 Å². The highest BCUT2D eigenvalue weighted by Crippen LogP contribution is 2.39. The van der Waals surface area contributed by atoms with Crippen LogP contribution in [0.1, 0.15) is 68.6 Å². The highest BCUT2D eigenvalue weighted by molar-refractivity contribution is 6.00. The Hall–Kier alpha value is -6.99. The largest absolute Gasteiger partial charge is 0.508 e. The number of nitrogens with one attached hydrogen (secondary N) is 2. The minimum atomic E-state index is -0.473. The Morgan fingerprint density at radius 1 is 0.868 bits per heavy atom. The predicted octanol–water partition coefficient (Wildman–Crippen LogP) is 6.82. The Morgan fingerprint density at radius 3 is 2.34 bits per heavy atom. The van der Waals surface area contributed by atoms with Gasteiger partial charge in [-0.05, 0) is 111 Å². The van der Waals surface area contributed by atoms with Crippen LogP contribution in [-0.2, 0) is 11.3 Å². The number of H-pyrrole nitrogens is 1. The van der Waals surface area contributed by atoms with Crippen LogP contribution in [0.3, 0.4) is 0 Å². The number of aryl methyl sites for hydroxylation is 1. The van der Waals surface area contributed by atoms with Crippen molar-refractivity contribution in [1.82, 2.24) is 54.6 Å². The van der Waals surface area contributed by atoms with E-state index < -0.39 is 11.5 Å². The van der Waals surface area contributed by atoms with E-state index in [0.29, 0.717) is 65.8 Å². The van der Waals surface area contributed by atoms with E-state index in [9.17, 15) is 19.8 Å². The van der Waals surface area contributed by atoms with Crippen LogP contribution in [0.2, 0.25) is 0 Å². The van der Waals surface area contributed by atoms with Gasteiger partial charge >= 0.3 is 11.7 Å². The number of piperazine rings is 2. The highest BCUT2D eigenvalue weighted by Gasteiger charge is 2.38. The minimum Gasteiger partial charge on any atom is -0.508 e. The van der Waals surface area contributed by atoms with Crippen molar-refractivity contribution in [2.75, 3.05) is 77.5 Å². The van der Waals surface area contributed by atoms with E-state index in [2.05, 4.69) is 47.1 Å². The summed E-state index contributed by atoms with van der Waals surface area (Å²) in [6, 6.07) is 24.1. The Balaban J connectivity index is 0.651. The first-order chi connectivity index (χ1) is 36.8. The van der Waals surface area contributed by atoms with Crippen molar-refractivity contribution < 1.29 is 24.1 Å². The number of aromatic amines is 1. The van der Waals surface area contributed by atoms with E-state index in [-0.39, 0.29) is 58.3 Å². The summed E-state index contributed by atoms with van der Waals surface area (Å²) in [6.07, 6.45) is 6.47. The Kier molecular flexibility index (Phi) is 13.5. The number of halogens is 1. The van der Waals surface area contributed by atoms with Gasteiger partial charge in [-0.1, -0.05) is 62.4 Å². The number of amides is 1. The number of hydrogen-bond acceptors (Lipinski definition) is 14. The number of likely N-dealkylation sites (tertiary alicyclic amines) is 2. The second kappa shape index (κ2) is 20.5. The van der Waals surface area contributed by atoms with Crippen LogP contribution in [-0.4, -0.2) is 162 Å². The average molecular weight is 1030 g/mol. The van der Waals surface area contributed by atoms with Gasteiger partial charge in [0.05, 0.1) is 16.6 Å². The molecule has 7 aromatic rings. The zero-order chi connectivity index (χ0) is 52.4. The lowest BCUT2D eigenvalue weighted by Crippen LogP contribution is -2.54. The second-order valence-corrected chi connectivity index (χ2v) is 22.2. The summed E-state index contributed by atoms with van der Waals surface area (Å²) in [4.78, 5) is 53.1. The summed E-state index contributed by atoms with van der Waals surface area (Å²) in [5.74, 6) is 0.533. The molecule has 396 valence electrons. The molecule has 3 aromatic heterocycles. The van der Waals surface area contributed by atoms with Crippen molar-refractivity contribution in [1.29, 1.82) is 0 Å². The van der Waals surface area contributed by atoms with Gasteiger partial charge in [-0.3, -0.25) is 24.5 Å². The van der Waals surface area contributed by atoms with Crippen LogP contribution in [0, 0.1) is 18.7 Å². The van der Waals surface area contributed by atoms with Gasteiger partial charge in [0, 0.05) is 100 Å². The van der Waals surface area contributed by atoms with E-state index in [1.165, 1.54) is 10.6 Å². The first-order valence-corrected chi connectivity index (χ1v) is 27.1. The number of fused-ring (bicyclic) bond motifs is 4. The summed E-state index contributed by atoms with van der Waals surface area (Å²) >= 11 is 0. The first-order valence-electron chi connectivity index (χ1n) is 27.1. The normalized spacial score (nSPS) is 21.9. The summed E-state index contributed by atoms with van der Waals surface area (Å²) in [5.41, 5.74) is 4.53. The molecule has 12 rings (SSSR count). The van der Waals surface area contributed by atoms with Crippen molar-refractivity contribution in [3.8, 4) is 45.8 Å². The molecule has 0 aliphatic carbocycles. The van der Waals surface area contributed by atoms with Crippen molar-refractivity contribution in [3.05, 3.63) is 112 Å². The summed E-state index contributed by atoms with van der Waals surface area (Å²) in [7, 11) is 2.14. The predicted molar refractivity (Wildman–Crippen MR) is 291 cm³/mol. The van der Waals surface area contributed by atoms with E-state index in [1.54, 1.807) is 12.3 Å². The van der Waals surface area contributed by atoms with Crippen LogP contribution in [0.25, 0.3) is 50.0 Å². The van der Waals surface area contributed by atoms with Gasteiger partial charge in [-0.2, -0.15) is 15.1 Å². The number of pyridine rings is 1. The molecule has 4 aromatic carbocycles. The fraction of sp³-hybridized carbons (Fsp3) is 0.448. The van der Waals surface area contributed by atoms with Gasteiger partial charge in [0.2, 0.25) is 5.91 Å². The number of phenols is 2. The quantitative estimate of drug-likeness (QED) is 0.100. The minimum absolute atomic E-state index is 0.00142. The standard InChI is InChI=1S/C58H67FN12O5/c1-34(2)45-26-46(49(73)27-48(45)72)55-64-65-58(75)71(55)41-15-11-36(12-16-41)29-67-19-17-38(18-20-67)56(74)69-23-21-68(22-24-69)42-25-43(66(4)32-42)33-76-57-62-53-47(54(63-57)70-30-39-13-14-40(31-70)61-39)28-60-52(51(53)59)44-10-6-9-37-8-5-7-35(3)50(37)44/h5-12,15-16,26-28,34,38-40,42-43,61,72-73H,13-14,17-25,29-33H2,1-4H3,(H,65,75)/t39?,40?,42-,43-/m0/s1. The molecular formula is C58H67FN12O5. The second-order valence-electron chi connectivity index (χ2n) is 22.2. The lowest BCUT2D eigenvalue weighted by molar-refractivity contribution is -0.139. The fourth-order valence-corrected chi connectivity index (χ4v) is 12.8. The molecule has 18 heteroatoms. The van der Waals surface area contributed by atoms with Gasteiger partial charge in [0.1, 0.15) is 35.1 Å². The number of benzene rings is 4. The number of ether oxygens (including phenoxy) is 1. The molecule has 2 unspecified atom stereocenters. The molecule has 4 N–H and O–H groups in total. The summed E-state index contributed by atoms with van der Waals surface area (Å²) < 4.78 is 25.0. The maximum absolute atomic E-state index is 17.1. The number of nitrogens with zero attached hydrogens (tertiary/aromatic N) is 10. The van der Waals surface area contributed by atoms with E-state index >= 15 is 4.39 Å². The third-order valence-corrected chi connectivity index (χ3v) is 17.0. The van der Waals surface area contributed by atoms with Gasteiger partial charge in [0.25, 0.3) is 0 Å².